The lowest BCUT2D eigenvalue weighted by atomic mass is 10.2. The Kier molecular flexibility index (Phi) is 4.58. The minimum Gasteiger partial charge on any atom is -0.376 e. The zero-order valence-corrected chi connectivity index (χ0v) is 15.6. The number of halogens is 2. The number of carbonyl (C=O) groups excluding carboxylic acids is 1. The summed E-state index contributed by atoms with van der Waals surface area (Å²) < 4.78 is 29.1. The van der Waals surface area contributed by atoms with Crippen LogP contribution in [0.4, 0.5) is 25.0 Å². The van der Waals surface area contributed by atoms with E-state index in [9.17, 15) is 13.6 Å². The first-order chi connectivity index (χ1) is 13.4. The molecule has 1 atom stereocenters. The quantitative estimate of drug-likeness (QED) is 0.751. The number of carbonyl (C=O) groups is 1. The number of urea groups is 1. The van der Waals surface area contributed by atoms with Gasteiger partial charge in [0, 0.05) is 37.9 Å². The molecule has 4 rings (SSSR count). The third kappa shape index (κ3) is 3.47. The highest BCUT2D eigenvalue weighted by molar-refractivity contribution is 5.90. The summed E-state index contributed by atoms with van der Waals surface area (Å²) in [5.74, 6) is -0.483. The number of anilines is 2. The molecule has 1 aromatic carbocycles. The molecule has 9 heteroatoms. The van der Waals surface area contributed by atoms with Crippen LogP contribution in [0.1, 0.15) is 6.42 Å². The van der Waals surface area contributed by atoms with E-state index in [-0.39, 0.29) is 12.2 Å². The molecule has 2 amide bonds. The average Bonchev–Trinajstić information content (AvgIpc) is 3.28. The zero-order chi connectivity index (χ0) is 19.8. The maximum absolute atomic E-state index is 14.4. The van der Waals surface area contributed by atoms with Crippen LogP contribution >= 0.6 is 0 Å². The molecule has 7 nitrogen and oxygen atoms in total. The lowest BCUT2D eigenvalue weighted by Crippen LogP contribution is -2.33. The summed E-state index contributed by atoms with van der Waals surface area (Å²) in [6, 6.07) is 5.73. The van der Waals surface area contributed by atoms with Crippen LogP contribution in [-0.4, -0.2) is 59.1 Å². The van der Waals surface area contributed by atoms with E-state index in [4.69, 9.17) is 0 Å². The van der Waals surface area contributed by atoms with E-state index >= 15 is 0 Å². The fourth-order valence-electron chi connectivity index (χ4n) is 3.14. The van der Waals surface area contributed by atoms with Crippen LogP contribution in [0.2, 0.25) is 0 Å². The molecule has 0 radical (unpaired) electrons. The Hall–Kier alpha value is -3.23. The minimum absolute atomic E-state index is 0.0737. The van der Waals surface area contributed by atoms with Crippen LogP contribution in [0.5, 0.6) is 0 Å². The average molecular weight is 386 g/mol. The van der Waals surface area contributed by atoms with Gasteiger partial charge in [-0.2, -0.15) is 0 Å². The summed E-state index contributed by atoms with van der Waals surface area (Å²) in [6.45, 7) is 0.440. The second-order valence-electron chi connectivity index (χ2n) is 7.00. The Morgan fingerprint density at radius 1 is 1.32 bits per heavy atom. The largest absolute Gasteiger partial charge is 0.376 e. The van der Waals surface area contributed by atoms with Crippen molar-refractivity contribution in [3.63, 3.8) is 0 Å². The Balaban J connectivity index is 1.62. The van der Waals surface area contributed by atoms with Crippen molar-refractivity contribution in [3.05, 3.63) is 42.5 Å². The van der Waals surface area contributed by atoms with Crippen LogP contribution < -0.4 is 10.2 Å². The Labute approximate surface area is 160 Å². The Morgan fingerprint density at radius 3 is 2.86 bits per heavy atom. The van der Waals surface area contributed by atoms with Gasteiger partial charge in [0.1, 0.15) is 17.7 Å². The summed E-state index contributed by atoms with van der Waals surface area (Å²) in [5, 5.41) is 7.79. The fraction of sp³-hybridized carbons (Fsp3) is 0.316. The first-order valence-corrected chi connectivity index (χ1v) is 8.93. The molecule has 2 aromatic heterocycles. The summed E-state index contributed by atoms with van der Waals surface area (Å²) in [6.07, 6.45) is 2.73. The molecule has 0 aliphatic carbocycles. The van der Waals surface area contributed by atoms with E-state index in [1.807, 2.05) is 25.1 Å². The normalized spacial score (nSPS) is 16.6. The molecule has 1 saturated heterocycles. The monoisotopic (exact) mass is 386 g/mol. The first-order valence-electron chi connectivity index (χ1n) is 8.93. The predicted octanol–water partition coefficient (Wildman–Crippen LogP) is 3.20. The van der Waals surface area contributed by atoms with Crippen LogP contribution in [0.25, 0.3) is 16.7 Å². The van der Waals surface area contributed by atoms with Crippen molar-refractivity contribution in [1.29, 1.82) is 0 Å². The number of benzene rings is 1. The SMILES string of the molecule is CN(C)c1cnc2nn(-c3cc(NC(=O)N4CCC(F)C4)ccc3F)cc2c1. The van der Waals surface area contributed by atoms with Gasteiger partial charge < -0.3 is 15.1 Å². The van der Waals surface area contributed by atoms with Gasteiger partial charge in [-0.25, -0.2) is 23.2 Å². The third-order valence-corrected chi connectivity index (χ3v) is 4.72. The molecule has 3 heterocycles. The van der Waals surface area contributed by atoms with Crippen LogP contribution in [0.3, 0.4) is 0 Å². The van der Waals surface area contributed by atoms with E-state index in [1.165, 1.54) is 27.8 Å². The van der Waals surface area contributed by atoms with Gasteiger partial charge >= 0.3 is 6.03 Å². The number of fused-ring (bicyclic) bond motifs is 1. The van der Waals surface area contributed by atoms with Gasteiger partial charge in [0.05, 0.1) is 18.4 Å². The molecular formula is C19H20F2N6O. The van der Waals surface area contributed by atoms with Crippen molar-refractivity contribution in [2.75, 3.05) is 37.4 Å². The minimum atomic E-state index is -0.995. The Bertz CT molecular complexity index is 1030. The number of pyridine rings is 1. The van der Waals surface area contributed by atoms with Crippen LogP contribution in [-0.2, 0) is 0 Å². The van der Waals surface area contributed by atoms with Crippen molar-refractivity contribution in [1.82, 2.24) is 19.7 Å². The van der Waals surface area contributed by atoms with E-state index < -0.39 is 18.0 Å². The molecule has 0 saturated carbocycles. The molecule has 1 aliphatic rings. The van der Waals surface area contributed by atoms with Crippen LogP contribution in [0, 0.1) is 5.82 Å². The molecule has 0 spiro atoms. The molecule has 3 aromatic rings. The number of aromatic nitrogens is 3. The molecule has 1 aliphatic heterocycles. The van der Waals surface area contributed by atoms with Crippen molar-refractivity contribution >= 4 is 28.4 Å². The van der Waals surface area contributed by atoms with Gasteiger partial charge in [0.15, 0.2) is 5.65 Å². The second kappa shape index (κ2) is 7.06. The zero-order valence-electron chi connectivity index (χ0n) is 15.6. The first kappa shape index (κ1) is 18.1. The van der Waals surface area contributed by atoms with Crippen molar-refractivity contribution < 1.29 is 13.6 Å². The van der Waals surface area contributed by atoms with Gasteiger partial charge in [0.25, 0.3) is 0 Å². The Morgan fingerprint density at radius 2 is 2.14 bits per heavy atom. The number of amides is 2. The molecule has 1 unspecified atom stereocenters. The summed E-state index contributed by atoms with van der Waals surface area (Å²) in [5.41, 5.74) is 1.99. The smallest absolute Gasteiger partial charge is 0.321 e. The maximum atomic E-state index is 14.4. The second-order valence-corrected chi connectivity index (χ2v) is 7.00. The van der Waals surface area contributed by atoms with Crippen molar-refractivity contribution in [2.45, 2.75) is 12.6 Å². The lowest BCUT2D eigenvalue weighted by molar-refractivity contribution is 0.218. The van der Waals surface area contributed by atoms with Crippen molar-refractivity contribution in [3.8, 4) is 5.69 Å². The molecule has 28 heavy (non-hydrogen) atoms. The highest BCUT2D eigenvalue weighted by Gasteiger charge is 2.26. The predicted molar refractivity (Wildman–Crippen MR) is 103 cm³/mol. The lowest BCUT2D eigenvalue weighted by Gasteiger charge is -2.16. The van der Waals surface area contributed by atoms with Gasteiger partial charge in [-0.1, -0.05) is 0 Å². The van der Waals surface area contributed by atoms with Gasteiger partial charge in [0.2, 0.25) is 0 Å². The summed E-state index contributed by atoms with van der Waals surface area (Å²) in [7, 11) is 3.81. The van der Waals surface area contributed by atoms with E-state index in [2.05, 4.69) is 15.4 Å². The standard InChI is InChI=1S/C19H20F2N6O/c1-25(2)15-7-12-10-27(24-18(12)22-9-15)17-8-14(3-4-16(17)21)23-19(28)26-6-5-13(20)11-26/h3-4,7-10,13H,5-6,11H2,1-2H3,(H,23,28). The molecule has 146 valence electrons. The third-order valence-electron chi connectivity index (χ3n) is 4.72. The van der Waals surface area contributed by atoms with E-state index in [0.717, 1.165) is 11.1 Å². The number of alkyl halides is 1. The number of nitrogens with zero attached hydrogens (tertiary/aromatic N) is 5. The van der Waals surface area contributed by atoms with E-state index in [0.29, 0.717) is 24.3 Å². The van der Waals surface area contributed by atoms with E-state index in [1.54, 1.807) is 12.4 Å². The number of hydrogen-bond acceptors (Lipinski definition) is 4. The van der Waals surface area contributed by atoms with Gasteiger partial charge in [-0.3, -0.25) is 0 Å². The molecule has 1 N–H and O–H groups in total. The maximum Gasteiger partial charge on any atom is 0.321 e. The number of hydrogen-bond donors (Lipinski definition) is 1. The van der Waals surface area contributed by atoms with Gasteiger partial charge in [-0.05, 0) is 30.7 Å². The number of likely N-dealkylation sites (tertiary alicyclic amines) is 1. The molecular weight excluding hydrogens is 366 g/mol. The topological polar surface area (TPSA) is 66.3 Å². The summed E-state index contributed by atoms with van der Waals surface area (Å²) in [4.78, 5) is 19.9. The highest BCUT2D eigenvalue weighted by Crippen LogP contribution is 2.23. The molecule has 1 fully saturated rings. The summed E-state index contributed by atoms with van der Waals surface area (Å²) >= 11 is 0. The highest BCUT2D eigenvalue weighted by atomic mass is 19.1. The fourth-order valence-corrected chi connectivity index (χ4v) is 3.14. The number of nitrogens with one attached hydrogen (secondary N) is 1. The number of rotatable bonds is 3. The molecule has 0 bridgehead atoms. The van der Waals surface area contributed by atoms with Crippen LogP contribution in [0.15, 0.2) is 36.7 Å². The van der Waals surface area contributed by atoms with Gasteiger partial charge in [-0.15, -0.1) is 5.10 Å². The van der Waals surface area contributed by atoms with Crippen molar-refractivity contribution in [2.24, 2.45) is 0 Å².